The number of nitrogens with zero attached hydrogens (tertiary/aromatic N) is 2. The molecule has 0 N–H and O–H groups in total. The summed E-state index contributed by atoms with van der Waals surface area (Å²) in [7, 11) is 0. The number of aromatic nitrogens is 2. The van der Waals surface area contributed by atoms with E-state index in [4.69, 9.17) is 0 Å². The standard InChI is InChI=1S/C45H30N2O2/c1-2-3-4-5-7-14-29-21-23-41-37(25-29)38-26-31(30-15-8-6-9-16-30)22-24-42(38)46(41)32-27-39-33-17-10-12-19-35(33)44(48)47-43(39)40(28-32)34-18-11-13-20-36(34)45(47)49/h2-28H,1H3. The van der Waals surface area contributed by atoms with Crippen LogP contribution in [-0.4, -0.2) is 8.97 Å². The molecule has 0 unspecified atom stereocenters. The lowest BCUT2D eigenvalue weighted by molar-refractivity contribution is 1.09. The first-order chi connectivity index (χ1) is 24.1. The maximum absolute atomic E-state index is 13.9. The minimum Gasteiger partial charge on any atom is -0.309 e. The van der Waals surface area contributed by atoms with Crippen molar-refractivity contribution in [3.63, 3.8) is 0 Å². The van der Waals surface area contributed by atoms with E-state index in [2.05, 4.69) is 89.5 Å². The van der Waals surface area contributed by atoms with E-state index in [0.29, 0.717) is 16.3 Å². The maximum Gasteiger partial charge on any atom is 0.266 e. The first kappa shape index (κ1) is 28.7. The molecule has 232 valence electrons. The van der Waals surface area contributed by atoms with Crippen molar-refractivity contribution >= 4 is 65.7 Å². The van der Waals surface area contributed by atoms with Gasteiger partial charge in [-0.3, -0.25) is 9.59 Å². The summed E-state index contributed by atoms with van der Waals surface area (Å²) in [5, 5.41) is 6.75. The van der Waals surface area contributed by atoms with Crippen LogP contribution in [0, 0.1) is 0 Å². The van der Waals surface area contributed by atoms with Crippen molar-refractivity contribution < 1.29 is 0 Å². The van der Waals surface area contributed by atoms with Gasteiger partial charge in [0.05, 0.1) is 16.6 Å². The summed E-state index contributed by atoms with van der Waals surface area (Å²) >= 11 is 0. The van der Waals surface area contributed by atoms with Crippen molar-refractivity contribution in [1.82, 2.24) is 8.97 Å². The largest absolute Gasteiger partial charge is 0.309 e. The van der Waals surface area contributed by atoms with Gasteiger partial charge in [-0.2, -0.15) is 0 Å². The van der Waals surface area contributed by atoms with Gasteiger partial charge >= 0.3 is 0 Å². The molecule has 0 radical (unpaired) electrons. The van der Waals surface area contributed by atoms with Crippen LogP contribution < -0.4 is 11.1 Å². The molecule has 49 heavy (non-hydrogen) atoms. The van der Waals surface area contributed by atoms with Crippen molar-refractivity contribution in [2.45, 2.75) is 6.92 Å². The highest BCUT2D eigenvalue weighted by Crippen LogP contribution is 2.39. The highest BCUT2D eigenvalue weighted by molar-refractivity contribution is 6.19. The van der Waals surface area contributed by atoms with E-state index in [1.54, 1.807) is 0 Å². The monoisotopic (exact) mass is 630 g/mol. The molecule has 0 atom stereocenters. The van der Waals surface area contributed by atoms with Crippen molar-refractivity contribution in [3.05, 3.63) is 184 Å². The normalized spacial score (nSPS) is 12.5. The number of hydrogen-bond donors (Lipinski definition) is 0. The Morgan fingerprint density at radius 3 is 1.69 bits per heavy atom. The summed E-state index contributed by atoms with van der Waals surface area (Å²) in [4.78, 5) is 27.7. The Kier molecular flexibility index (Phi) is 6.63. The Balaban J connectivity index is 1.40. The first-order valence-electron chi connectivity index (χ1n) is 16.5. The van der Waals surface area contributed by atoms with Crippen LogP contribution in [0.3, 0.4) is 0 Å². The van der Waals surface area contributed by atoms with E-state index >= 15 is 0 Å². The number of benzene rings is 6. The highest BCUT2D eigenvalue weighted by atomic mass is 16.2. The van der Waals surface area contributed by atoms with Gasteiger partial charge in [0.2, 0.25) is 0 Å². The summed E-state index contributed by atoms with van der Waals surface area (Å²) in [5.41, 5.74) is 6.62. The molecule has 6 aromatic carbocycles. The smallest absolute Gasteiger partial charge is 0.266 e. The Hall–Kier alpha value is -6.52. The molecule has 0 spiro atoms. The van der Waals surface area contributed by atoms with Gasteiger partial charge in [0, 0.05) is 38.0 Å². The van der Waals surface area contributed by atoms with Crippen LogP contribution in [-0.2, 0) is 0 Å². The Morgan fingerprint density at radius 2 is 1.04 bits per heavy atom. The first-order valence-corrected chi connectivity index (χ1v) is 16.5. The van der Waals surface area contributed by atoms with E-state index in [1.165, 1.54) is 4.40 Å². The third-order valence-electron chi connectivity index (χ3n) is 9.59. The fraction of sp³-hybridized carbons (Fsp3) is 0.0222. The fourth-order valence-corrected chi connectivity index (χ4v) is 7.38. The van der Waals surface area contributed by atoms with E-state index in [9.17, 15) is 9.59 Å². The molecule has 0 aliphatic carbocycles. The lowest BCUT2D eigenvalue weighted by atomic mass is 9.98. The molecule has 9 rings (SSSR count). The van der Waals surface area contributed by atoms with E-state index in [0.717, 1.165) is 65.7 Å². The molecule has 9 aromatic rings. The van der Waals surface area contributed by atoms with Crippen LogP contribution >= 0.6 is 0 Å². The van der Waals surface area contributed by atoms with E-state index < -0.39 is 0 Å². The minimum absolute atomic E-state index is 0.289. The summed E-state index contributed by atoms with van der Waals surface area (Å²) < 4.78 is 3.69. The Bertz CT molecular complexity index is 2880. The molecule has 0 bridgehead atoms. The van der Waals surface area contributed by atoms with Gasteiger partial charge in [0.1, 0.15) is 0 Å². The molecule has 3 heterocycles. The lowest BCUT2D eigenvalue weighted by Gasteiger charge is -2.16. The molecule has 4 heteroatoms. The molecule has 0 saturated heterocycles. The van der Waals surface area contributed by atoms with Crippen molar-refractivity contribution in [3.8, 4) is 16.8 Å². The van der Waals surface area contributed by atoms with Crippen molar-refractivity contribution in [2.24, 2.45) is 0 Å². The zero-order valence-corrected chi connectivity index (χ0v) is 26.8. The third kappa shape index (κ3) is 4.45. The zero-order valence-electron chi connectivity index (χ0n) is 26.8. The number of fused-ring (bicyclic) bond motifs is 7. The second kappa shape index (κ2) is 11.3. The maximum atomic E-state index is 13.9. The van der Waals surface area contributed by atoms with Gasteiger partial charge in [0.15, 0.2) is 0 Å². The second-order valence-electron chi connectivity index (χ2n) is 12.4. The van der Waals surface area contributed by atoms with Crippen LogP contribution in [0.15, 0.2) is 167 Å². The number of rotatable bonds is 5. The van der Waals surface area contributed by atoms with Gasteiger partial charge in [-0.25, -0.2) is 4.40 Å². The summed E-state index contributed by atoms with van der Waals surface area (Å²) in [6, 6.07) is 43.2. The topological polar surface area (TPSA) is 43.5 Å². The molecule has 3 aromatic heterocycles. The van der Waals surface area contributed by atoms with E-state index in [-0.39, 0.29) is 11.1 Å². The second-order valence-corrected chi connectivity index (χ2v) is 12.4. The van der Waals surface area contributed by atoms with Crippen LogP contribution in [0.2, 0.25) is 0 Å². The number of allylic oxidation sites excluding steroid dienone is 5. The van der Waals surface area contributed by atoms with Gasteiger partial charge < -0.3 is 4.57 Å². The van der Waals surface area contributed by atoms with Gasteiger partial charge in [-0.1, -0.05) is 115 Å². The average Bonchev–Trinajstić information content (AvgIpc) is 3.47. The molecule has 0 saturated carbocycles. The minimum atomic E-state index is -0.289. The number of hydrogen-bond acceptors (Lipinski definition) is 2. The van der Waals surface area contributed by atoms with Gasteiger partial charge in [-0.05, 0) is 82.9 Å². The quantitative estimate of drug-likeness (QED) is 0.108. The van der Waals surface area contributed by atoms with Gasteiger partial charge in [-0.15, -0.1) is 0 Å². The Morgan fingerprint density at radius 1 is 0.469 bits per heavy atom. The average molecular weight is 631 g/mol. The lowest BCUT2D eigenvalue weighted by Crippen LogP contribution is -2.27. The van der Waals surface area contributed by atoms with Crippen LogP contribution in [0.5, 0.6) is 0 Å². The summed E-state index contributed by atoms with van der Waals surface area (Å²) in [6.45, 7) is 2.01. The molecule has 0 fully saturated rings. The van der Waals surface area contributed by atoms with Crippen molar-refractivity contribution in [2.75, 3.05) is 0 Å². The van der Waals surface area contributed by atoms with Crippen LogP contribution in [0.4, 0.5) is 0 Å². The zero-order chi connectivity index (χ0) is 33.1. The molecule has 0 amide bonds. The van der Waals surface area contributed by atoms with Crippen LogP contribution in [0.1, 0.15) is 12.5 Å². The summed E-state index contributed by atoms with van der Waals surface area (Å²) in [6.07, 6.45) is 12.3. The molecular weight excluding hydrogens is 601 g/mol. The molecule has 0 aliphatic rings. The third-order valence-corrected chi connectivity index (χ3v) is 9.59. The SMILES string of the molecule is CC=CC=CC=Cc1ccc2c(c1)c1cc(-c3ccccc3)ccc1n2-c1cc2c3ccccc3c(=O)n3c(=O)c4ccccc4c(c1)c23. The molecular formula is C45H30N2O2. The Labute approximate surface area is 281 Å². The predicted octanol–water partition coefficient (Wildman–Crippen LogP) is 10.5. The van der Waals surface area contributed by atoms with E-state index in [1.807, 2.05) is 85.8 Å². The highest BCUT2D eigenvalue weighted by Gasteiger charge is 2.20. The van der Waals surface area contributed by atoms with Crippen LogP contribution in [0.25, 0.3) is 82.5 Å². The predicted molar refractivity (Wildman–Crippen MR) is 206 cm³/mol. The van der Waals surface area contributed by atoms with Crippen molar-refractivity contribution in [1.29, 1.82) is 0 Å². The molecule has 4 nitrogen and oxygen atoms in total. The molecule has 0 aliphatic heterocycles. The number of pyridine rings is 2. The van der Waals surface area contributed by atoms with Gasteiger partial charge in [0.25, 0.3) is 11.1 Å². The summed E-state index contributed by atoms with van der Waals surface area (Å²) in [5.74, 6) is 0. The fourth-order valence-electron chi connectivity index (χ4n) is 7.38.